The lowest BCUT2D eigenvalue weighted by Crippen LogP contribution is -2.32. The summed E-state index contributed by atoms with van der Waals surface area (Å²) in [6, 6.07) is 14.4. The van der Waals surface area contributed by atoms with Gasteiger partial charge in [-0.25, -0.2) is 0 Å². The van der Waals surface area contributed by atoms with Gasteiger partial charge in [0, 0.05) is 36.5 Å². The molecule has 0 radical (unpaired) electrons. The van der Waals surface area contributed by atoms with Crippen LogP contribution in [0.5, 0.6) is 5.75 Å². The summed E-state index contributed by atoms with van der Waals surface area (Å²) in [4.78, 5) is 14.0. The molecule has 2 aromatic rings. The van der Waals surface area contributed by atoms with Gasteiger partial charge in [0.15, 0.2) is 0 Å². The fourth-order valence-electron chi connectivity index (χ4n) is 3.91. The van der Waals surface area contributed by atoms with Gasteiger partial charge in [0.25, 0.3) is 0 Å². The number of hydrogen-bond acceptors (Lipinski definition) is 6. The number of nitrogens with two attached hydrogens (primary N) is 1. The zero-order valence-corrected chi connectivity index (χ0v) is 20.1. The van der Waals surface area contributed by atoms with E-state index < -0.39 is 0 Å². The maximum atomic E-state index is 11.8. The van der Waals surface area contributed by atoms with Crippen LogP contribution in [-0.4, -0.2) is 32.3 Å². The predicted octanol–water partition coefficient (Wildman–Crippen LogP) is 4.88. The Balaban J connectivity index is 1.53. The molecule has 0 saturated carbocycles. The van der Waals surface area contributed by atoms with Crippen LogP contribution in [0.3, 0.4) is 0 Å². The summed E-state index contributed by atoms with van der Waals surface area (Å²) in [5.74, 6) is 1.47. The number of allylic oxidation sites excluding steroid dienone is 1. The first-order valence-electron chi connectivity index (χ1n) is 11.8. The SMILES string of the molecule is CCOC(=O)CCN1CCCc2c(OCC/C(N)=C(\C)OCc3ccc(C)cc3)cccc21. The van der Waals surface area contributed by atoms with Crippen molar-refractivity contribution < 1.29 is 19.0 Å². The Labute approximate surface area is 197 Å². The largest absolute Gasteiger partial charge is 0.493 e. The first-order chi connectivity index (χ1) is 16.0. The number of ether oxygens (including phenoxy) is 3. The van der Waals surface area contributed by atoms with Gasteiger partial charge in [-0.3, -0.25) is 4.79 Å². The molecular formula is C27H36N2O4. The Morgan fingerprint density at radius 2 is 1.88 bits per heavy atom. The molecule has 1 heterocycles. The van der Waals surface area contributed by atoms with Crippen molar-refractivity contribution in [3.63, 3.8) is 0 Å². The zero-order chi connectivity index (χ0) is 23.6. The minimum atomic E-state index is -0.153. The third-order valence-electron chi connectivity index (χ3n) is 5.85. The second-order valence-electron chi connectivity index (χ2n) is 8.35. The maximum Gasteiger partial charge on any atom is 0.307 e. The summed E-state index contributed by atoms with van der Waals surface area (Å²) >= 11 is 0. The molecule has 0 aromatic heterocycles. The van der Waals surface area contributed by atoms with E-state index in [9.17, 15) is 4.79 Å². The van der Waals surface area contributed by atoms with Crippen molar-refractivity contribution in [3.05, 3.63) is 70.6 Å². The van der Waals surface area contributed by atoms with E-state index in [1.807, 2.05) is 26.0 Å². The fourth-order valence-corrected chi connectivity index (χ4v) is 3.91. The summed E-state index contributed by atoms with van der Waals surface area (Å²) in [6.07, 6.45) is 2.98. The monoisotopic (exact) mass is 452 g/mol. The Hall–Kier alpha value is -3.15. The number of aryl methyl sites for hydroxylation is 1. The van der Waals surface area contributed by atoms with Gasteiger partial charge < -0.3 is 24.8 Å². The molecule has 0 atom stereocenters. The van der Waals surface area contributed by atoms with Crippen LogP contribution in [0, 0.1) is 6.92 Å². The van der Waals surface area contributed by atoms with E-state index in [2.05, 4.69) is 42.2 Å². The summed E-state index contributed by atoms with van der Waals surface area (Å²) in [6.45, 7) is 8.79. The minimum Gasteiger partial charge on any atom is -0.493 e. The first-order valence-corrected chi connectivity index (χ1v) is 11.8. The van der Waals surface area contributed by atoms with E-state index in [0.717, 1.165) is 42.1 Å². The highest BCUT2D eigenvalue weighted by Gasteiger charge is 2.21. The number of rotatable bonds is 11. The second kappa shape index (κ2) is 12.2. The standard InChI is InChI=1S/C27H36N2O4/c1-4-31-27(30)14-17-29-16-6-7-23-25(29)8-5-9-26(23)32-18-15-24(28)21(3)33-19-22-12-10-20(2)11-13-22/h5,8-13H,4,6-7,14-19,28H2,1-3H3/b24-21-. The molecule has 0 aliphatic carbocycles. The molecule has 0 amide bonds. The van der Waals surface area contributed by atoms with Crippen LogP contribution >= 0.6 is 0 Å². The first kappa shape index (κ1) is 24.5. The van der Waals surface area contributed by atoms with Crippen molar-refractivity contribution in [2.45, 2.75) is 53.1 Å². The second-order valence-corrected chi connectivity index (χ2v) is 8.35. The quantitative estimate of drug-likeness (QED) is 0.387. The van der Waals surface area contributed by atoms with Gasteiger partial charge in [-0.1, -0.05) is 35.9 Å². The minimum absolute atomic E-state index is 0.153. The Bertz CT molecular complexity index is 953. The van der Waals surface area contributed by atoms with E-state index in [-0.39, 0.29) is 5.97 Å². The van der Waals surface area contributed by atoms with Gasteiger partial charge >= 0.3 is 5.97 Å². The smallest absolute Gasteiger partial charge is 0.307 e. The molecule has 0 saturated heterocycles. The van der Waals surface area contributed by atoms with E-state index in [1.54, 1.807) is 0 Å². The molecule has 178 valence electrons. The highest BCUT2D eigenvalue weighted by molar-refractivity contribution is 5.70. The van der Waals surface area contributed by atoms with E-state index in [0.29, 0.717) is 44.9 Å². The molecule has 3 rings (SSSR count). The Morgan fingerprint density at radius 3 is 2.64 bits per heavy atom. The molecule has 0 bridgehead atoms. The molecule has 1 aliphatic heterocycles. The third kappa shape index (κ3) is 7.17. The summed E-state index contributed by atoms with van der Waals surface area (Å²) in [5.41, 5.74) is 11.6. The number of fused-ring (bicyclic) bond motifs is 1. The molecular weight excluding hydrogens is 416 g/mol. The lowest BCUT2D eigenvalue weighted by atomic mass is 10.0. The Morgan fingerprint density at radius 1 is 1.09 bits per heavy atom. The van der Waals surface area contributed by atoms with Crippen molar-refractivity contribution in [2.24, 2.45) is 5.73 Å². The number of anilines is 1. The maximum absolute atomic E-state index is 11.8. The summed E-state index contributed by atoms with van der Waals surface area (Å²) in [5, 5.41) is 0. The van der Waals surface area contributed by atoms with Crippen LogP contribution in [0.1, 0.15) is 49.8 Å². The van der Waals surface area contributed by atoms with Gasteiger partial charge in [-0.15, -0.1) is 0 Å². The molecule has 0 fully saturated rings. The van der Waals surface area contributed by atoms with Crippen LogP contribution in [0.4, 0.5) is 5.69 Å². The van der Waals surface area contributed by atoms with Gasteiger partial charge in [0.2, 0.25) is 0 Å². The number of carbonyl (C=O) groups is 1. The van der Waals surface area contributed by atoms with E-state index >= 15 is 0 Å². The normalized spacial score (nSPS) is 13.7. The Kier molecular flexibility index (Phi) is 9.04. The van der Waals surface area contributed by atoms with E-state index in [4.69, 9.17) is 19.9 Å². The molecule has 2 N–H and O–H groups in total. The number of carbonyl (C=O) groups excluding carboxylic acids is 1. The van der Waals surface area contributed by atoms with Crippen molar-refractivity contribution in [3.8, 4) is 5.75 Å². The van der Waals surface area contributed by atoms with Crippen molar-refractivity contribution in [1.29, 1.82) is 0 Å². The summed E-state index contributed by atoms with van der Waals surface area (Å²) < 4.78 is 17.1. The van der Waals surface area contributed by atoms with Crippen molar-refractivity contribution in [2.75, 3.05) is 31.2 Å². The highest BCUT2D eigenvalue weighted by Crippen LogP contribution is 2.34. The number of hydrogen-bond donors (Lipinski definition) is 1. The van der Waals surface area contributed by atoms with Gasteiger partial charge in [0.1, 0.15) is 18.1 Å². The lowest BCUT2D eigenvalue weighted by molar-refractivity contribution is -0.142. The number of nitrogens with zero attached hydrogens (tertiary/aromatic N) is 1. The van der Waals surface area contributed by atoms with Gasteiger partial charge in [-0.05, 0) is 51.3 Å². The van der Waals surface area contributed by atoms with Gasteiger partial charge in [0.05, 0.1) is 19.6 Å². The lowest BCUT2D eigenvalue weighted by Gasteiger charge is -2.32. The number of benzene rings is 2. The fraction of sp³-hybridized carbons (Fsp3) is 0.444. The van der Waals surface area contributed by atoms with Crippen molar-refractivity contribution in [1.82, 2.24) is 0 Å². The molecule has 2 aromatic carbocycles. The van der Waals surface area contributed by atoms with Gasteiger partial charge in [-0.2, -0.15) is 0 Å². The molecule has 6 heteroatoms. The molecule has 0 spiro atoms. The number of esters is 1. The molecule has 1 aliphatic rings. The van der Waals surface area contributed by atoms with E-state index in [1.165, 1.54) is 11.1 Å². The van der Waals surface area contributed by atoms with Crippen LogP contribution in [0.2, 0.25) is 0 Å². The molecule has 0 unspecified atom stereocenters. The molecule has 33 heavy (non-hydrogen) atoms. The summed E-state index contributed by atoms with van der Waals surface area (Å²) in [7, 11) is 0. The average molecular weight is 453 g/mol. The zero-order valence-electron chi connectivity index (χ0n) is 20.1. The topological polar surface area (TPSA) is 74.0 Å². The predicted molar refractivity (Wildman–Crippen MR) is 131 cm³/mol. The average Bonchev–Trinajstić information content (AvgIpc) is 2.82. The highest BCUT2D eigenvalue weighted by atomic mass is 16.5. The molecule has 6 nitrogen and oxygen atoms in total. The van der Waals surface area contributed by atoms with Crippen LogP contribution in [-0.2, 0) is 27.3 Å². The van der Waals surface area contributed by atoms with Crippen LogP contribution in [0.15, 0.2) is 53.9 Å². The third-order valence-corrected chi connectivity index (χ3v) is 5.85. The van der Waals surface area contributed by atoms with Crippen LogP contribution < -0.4 is 15.4 Å². The van der Waals surface area contributed by atoms with Crippen molar-refractivity contribution >= 4 is 11.7 Å². The van der Waals surface area contributed by atoms with Crippen LogP contribution in [0.25, 0.3) is 0 Å².